The molecule has 0 aliphatic carbocycles. The van der Waals surface area contributed by atoms with Crippen LogP contribution >= 0.6 is 0 Å². The van der Waals surface area contributed by atoms with Crippen LogP contribution in [0.2, 0.25) is 0 Å². The predicted octanol–water partition coefficient (Wildman–Crippen LogP) is 1.90. The van der Waals surface area contributed by atoms with E-state index >= 15 is 0 Å². The Morgan fingerprint density at radius 2 is 1.30 bits per heavy atom. The molecule has 0 saturated carbocycles. The lowest BCUT2D eigenvalue weighted by Crippen LogP contribution is -2.52. The lowest BCUT2D eigenvalue weighted by molar-refractivity contribution is -0.137. The summed E-state index contributed by atoms with van der Waals surface area (Å²) in [6.07, 6.45) is 0.418. The molecule has 2 heterocycles. The minimum absolute atomic E-state index is 0.154. The third-order valence-corrected chi connectivity index (χ3v) is 5.86. The number of piperazine rings is 1. The van der Waals surface area contributed by atoms with Crippen molar-refractivity contribution in [3.05, 3.63) is 60.2 Å². The predicted molar refractivity (Wildman–Crippen MR) is 116 cm³/mol. The SMILES string of the molecule is O=C(Cc1ccc(-c2ccccc2)cc1)N1CCN(CC(=O)N2CCOCC2)CC1. The lowest BCUT2D eigenvalue weighted by atomic mass is 10.0. The van der Waals surface area contributed by atoms with E-state index in [1.807, 2.05) is 40.1 Å². The number of amides is 2. The van der Waals surface area contributed by atoms with Crippen LogP contribution in [-0.4, -0.2) is 85.5 Å². The molecule has 2 aliphatic rings. The zero-order valence-corrected chi connectivity index (χ0v) is 17.3. The van der Waals surface area contributed by atoms with E-state index in [0.29, 0.717) is 52.4 Å². The number of morpholine rings is 1. The number of rotatable bonds is 5. The van der Waals surface area contributed by atoms with E-state index in [9.17, 15) is 9.59 Å². The first-order valence-corrected chi connectivity index (χ1v) is 10.7. The molecule has 0 bridgehead atoms. The quantitative estimate of drug-likeness (QED) is 0.760. The number of carbonyl (C=O) groups excluding carboxylic acids is 2. The maximum absolute atomic E-state index is 12.7. The second-order valence-corrected chi connectivity index (χ2v) is 7.89. The topological polar surface area (TPSA) is 53.1 Å². The maximum Gasteiger partial charge on any atom is 0.236 e. The third kappa shape index (κ3) is 5.26. The summed E-state index contributed by atoms with van der Waals surface area (Å²) in [5.74, 6) is 0.318. The van der Waals surface area contributed by atoms with Crippen molar-refractivity contribution in [2.75, 3.05) is 59.0 Å². The van der Waals surface area contributed by atoms with Crippen molar-refractivity contribution in [1.29, 1.82) is 0 Å². The van der Waals surface area contributed by atoms with Gasteiger partial charge in [-0.25, -0.2) is 0 Å². The summed E-state index contributed by atoms with van der Waals surface area (Å²) in [6.45, 7) is 5.89. The largest absolute Gasteiger partial charge is 0.378 e. The van der Waals surface area contributed by atoms with E-state index in [0.717, 1.165) is 24.2 Å². The number of hydrogen-bond acceptors (Lipinski definition) is 4. The Balaban J connectivity index is 1.24. The summed E-state index contributed by atoms with van der Waals surface area (Å²) in [7, 11) is 0. The molecule has 2 aliphatic heterocycles. The zero-order valence-electron chi connectivity index (χ0n) is 17.3. The molecule has 4 rings (SSSR count). The van der Waals surface area contributed by atoms with Crippen LogP contribution in [0.5, 0.6) is 0 Å². The normalized spacial score (nSPS) is 17.7. The molecule has 2 amide bonds. The van der Waals surface area contributed by atoms with Gasteiger partial charge >= 0.3 is 0 Å². The van der Waals surface area contributed by atoms with E-state index in [2.05, 4.69) is 29.2 Å². The highest BCUT2D eigenvalue weighted by Gasteiger charge is 2.25. The van der Waals surface area contributed by atoms with Gasteiger partial charge in [0.05, 0.1) is 26.2 Å². The minimum atomic E-state index is 0.154. The highest BCUT2D eigenvalue weighted by Crippen LogP contribution is 2.19. The highest BCUT2D eigenvalue weighted by molar-refractivity contribution is 5.80. The van der Waals surface area contributed by atoms with E-state index in [1.165, 1.54) is 5.56 Å². The van der Waals surface area contributed by atoms with E-state index < -0.39 is 0 Å². The summed E-state index contributed by atoms with van der Waals surface area (Å²) in [5.41, 5.74) is 3.37. The van der Waals surface area contributed by atoms with Gasteiger partial charge in [-0.1, -0.05) is 54.6 Å². The molecule has 2 fully saturated rings. The zero-order chi connectivity index (χ0) is 20.8. The first kappa shape index (κ1) is 20.6. The van der Waals surface area contributed by atoms with Gasteiger partial charge in [0, 0.05) is 39.3 Å². The van der Waals surface area contributed by atoms with Gasteiger partial charge < -0.3 is 14.5 Å². The monoisotopic (exact) mass is 407 g/mol. The Morgan fingerprint density at radius 3 is 1.97 bits per heavy atom. The third-order valence-electron chi connectivity index (χ3n) is 5.86. The Labute approximate surface area is 178 Å². The van der Waals surface area contributed by atoms with Crippen LogP contribution in [-0.2, 0) is 20.7 Å². The van der Waals surface area contributed by atoms with Gasteiger partial charge in [0.2, 0.25) is 11.8 Å². The summed E-state index contributed by atoms with van der Waals surface area (Å²) in [6, 6.07) is 18.5. The van der Waals surface area contributed by atoms with Crippen LogP contribution in [0, 0.1) is 0 Å². The standard InChI is InChI=1S/C24H29N3O3/c28-23(18-20-6-8-22(9-7-20)21-4-2-1-3-5-21)26-12-10-25(11-13-26)19-24(29)27-14-16-30-17-15-27/h1-9H,10-19H2. The molecule has 6 nitrogen and oxygen atoms in total. The second kappa shape index (κ2) is 9.87. The van der Waals surface area contributed by atoms with Crippen molar-refractivity contribution in [3.63, 3.8) is 0 Å². The lowest BCUT2D eigenvalue weighted by Gasteiger charge is -2.36. The molecular weight excluding hydrogens is 378 g/mol. The maximum atomic E-state index is 12.7. The van der Waals surface area contributed by atoms with E-state index in [-0.39, 0.29) is 11.8 Å². The van der Waals surface area contributed by atoms with E-state index in [4.69, 9.17) is 4.74 Å². The molecule has 6 heteroatoms. The molecule has 158 valence electrons. The van der Waals surface area contributed by atoms with E-state index in [1.54, 1.807) is 0 Å². The summed E-state index contributed by atoms with van der Waals surface area (Å²) >= 11 is 0. The van der Waals surface area contributed by atoms with Gasteiger partial charge in [-0.2, -0.15) is 0 Å². The molecule has 0 aromatic heterocycles. The molecule has 2 saturated heterocycles. The fourth-order valence-electron chi connectivity index (χ4n) is 3.99. The Hall–Kier alpha value is -2.70. The molecule has 0 unspecified atom stereocenters. The van der Waals surface area contributed by atoms with Gasteiger partial charge in [0.1, 0.15) is 0 Å². The van der Waals surface area contributed by atoms with Crippen molar-refractivity contribution in [3.8, 4) is 11.1 Å². The molecular formula is C24H29N3O3. The number of carbonyl (C=O) groups is 2. The molecule has 0 N–H and O–H groups in total. The average molecular weight is 408 g/mol. The average Bonchev–Trinajstić information content (AvgIpc) is 2.81. The Bertz CT molecular complexity index is 840. The van der Waals surface area contributed by atoms with Crippen molar-refractivity contribution in [2.24, 2.45) is 0 Å². The molecule has 0 spiro atoms. The number of benzene rings is 2. The first-order chi connectivity index (χ1) is 14.7. The molecule has 0 atom stereocenters. The van der Waals surface area contributed by atoms with Crippen molar-refractivity contribution >= 4 is 11.8 Å². The van der Waals surface area contributed by atoms with Crippen LogP contribution in [0.15, 0.2) is 54.6 Å². The molecule has 30 heavy (non-hydrogen) atoms. The molecule has 0 radical (unpaired) electrons. The minimum Gasteiger partial charge on any atom is -0.378 e. The second-order valence-electron chi connectivity index (χ2n) is 7.89. The van der Waals surface area contributed by atoms with Crippen LogP contribution in [0.1, 0.15) is 5.56 Å². The summed E-state index contributed by atoms with van der Waals surface area (Å²) in [4.78, 5) is 31.1. The number of nitrogens with zero attached hydrogens (tertiary/aromatic N) is 3. The Kier molecular flexibility index (Phi) is 6.77. The molecule has 2 aromatic rings. The van der Waals surface area contributed by atoms with Crippen molar-refractivity contribution in [1.82, 2.24) is 14.7 Å². The van der Waals surface area contributed by atoms with Crippen LogP contribution < -0.4 is 0 Å². The fraction of sp³-hybridized carbons (Fsp3) is 0.417. The van der Waals surface area contributed by atoms with Gasteiger partial charge in [0.15, 0.2) is 0 Å². The first-order valence-electron chi connectivity index (χ1n) is 10.7. The summed E-state index contributed by atoms with van der Waals surface area (Å²) < 4.78 is 5.31. The van der Waals surface area contributed by atoms with Gasteiger partial charge in [-0.3, -0.25) is 14.5 Å². The van der Waals surface area contributed by atoms with Crippen molar-refractivity contribution < 1.29 is 14.3 Å². The van der Waals surface area contributed by atoms with Crippen LogP contribution in [0.4, 0.5) is 0 Å². The van der Waals surface area contributed by atoms with Crippen molar-refractivity contribution in [2.45, 2.75) is 6.42 Å². The summed E-state index contributed by atoms with van der Waals surface area (Å²) in [5, 5.41) is 0. The van der Waals surface area contributed by atoms with Gasteiger partial charge in [0.25, 0.3) is 0 Å². The van der Waals surface area contributed by atoms with Gasteiger partial charge in [-0.05, 0) is 16.7 Å². The Morgan fingerprint density at radius 1 is 0.700 bits per heavy atom. The molecule has 2 aromatic carbocycles. The van der Waals surface area contributed by atoms with Crippen LogP contribution in [0.25, 0.3) is 11.1 Å². The van der Waals surface area contributed by atoms with Crippen LogP contribution in [0.3, 0.4) is 0 Å². The fourth-order valence-corrected chi connectivity index (χ4v) is 3.99. The number of hydrogen-bond donors (Lipinski definition) is 0. The van der Waals surface area contributed by atoms with Gasteiger partial charge in [-0.15, -0.1) is 0 Å². The smallest absolute Gasteiger partial charge is 0.236 e. The highest BCUT2D eigenvalue weighted by atomic mass is 16.5. The number of ether oxygens (including phenoxy) is 1.